The fraction of sp³-hybridized carbons (Fsp3) is 0.636. The Morgan fingerprint density at radius 1 is 1.17 bits per heavy atom. The molecule has 0 bridgehead atoms. The number of likely N-dealkylation sites (tertiary alicyclic amines) is 1. The quantitative estimate of drug-likeness (QED) is 0.552. The van der Waals surface area contributed by atoms with E-state index in [9.17, 15) is 0 Å². The maximum absolute atomic E-state index is 6.07. The van der Waals surface area contributed by atoms with Crippen molar-refractivity contribution in [3.05, 3.63) is 46.5 Å². The normalized spacial score (nSPS) is 19.8. The first-order valence-corrected chi connectivity index (χ1v) is 9.62. The van der Waals surface area contributed by atoms with E-state index in [-0.39, 0.29) is 5.41 Å². The second-order valence-electron chi connectivity index (χ2n) is 9.11. The highest BCUT2D eigenvalue weighted by molar-refractivity contribution is 6.30. The van der Waals surface area contributed by atoms with Gasteiger partial charge < -0.3 is 0 Å². The average Bonchev–Trinajstić information content (AvgIpc) is 2.46. The molecule has 1 fully saturated rings. The van der Waals surface area contributed by atoms with Gasteiger partial charge in [0.1, 0.15) is 0 Å². The highest BCUT2D eigenvalue weighted by atomic mass is 35.5. The van der Waals surface area contributed by atoms with Crippen LogP contribution >= 0.6 is 11.6 Å². The van der Waals surface area contributed by atoms with Crippen molar-refractivity contribution in [3.63, 3.8) is 0 Å². The van der Waals surface area contributed by atoms with Gasteiger partial charge in [0.05, 0.1) is 0 Å². The summed E-state index contributed by atoms with van der Waals surface area (Å²) in [7, 11) is 0. The third-order valence-electron chi connectivity index (χ3n) is 5.49. The van der Waals surface area contributed by atoms with Crippen molar-refractivity contribution < 1.29 is 0 Å². The van der Waals surface area contributed by atoms with Crippen molar-refractivity contribution in [1.29, 1.82) is 0 Å². The molecule has 24 heavy (non-hydrogen) atoms. The Labute approximate surface area is 154 Å². The van der Waals surface area contributed by atoms with E-state index in [4.69, 9.17) is 11.6 Å². The molecule has 1 atom stereocenters. The van der Waals surface area contributed by atoms with Crippen LogP contribution in [0.5, 0.6) is 0 Å². The predicted octanol–water partition coefficient (Wildman–Crippen LogP) is 6.46. The van der Waals surface area contributed by atoms with Crippen LogP contribution in [-0.4, -0.2) is 24.0 Å². The van der Waals surface area contributed by atoms with Crippen LogP contribution in [0, 0.1) is 5.41 Å². The first-order chi connectivity index (χ1) is 11.1. The van der Waals surface area contributed by atoms with Crippen LogP contribution in [0.15, 0.2) is 35.9 Å². The van der Waals surface area contributed by atoms with Crippen LogP contribution in [0.3, 0.4) is 0 Å². The summed E-state index contributed by atoms with van der Waals surface area (Å²) >= 11 is 6.07. The molecule has 0 amide bonds. The maximum atomic E-state index is 6.07. The van der Waals surface area contributed by atoms with Gasteiger partial charge in [0, 0.05) is 11.1 Å². The smallest absolute Gasteiger partial charge is 0.0406 e. The molecule has 2 rings (SSSR count). The predicted molar refractivity (Wildman–Crippen MR) is 107 cm³/mol. The summed E-state index contributed by atoms with van der Waals surface area (Å²) in [5, 5.41) is 0.814. The van der Waals surface area contributed by atoms with E-state index >= 15 is 0 Å². The van der Waals surface area contributed by atoms with Gasteiger partial charge in [-0.3, -0.25) is 4.90 Å². The summed E-state index contributed by atoms with van der Waals surface area (Å²) in [6.45, 7) is 16.4. The Kier molecular flexibility index (Phi) is 6.20. The second-order valence-corrected chi connectivity index (χ2v) is 9.54. The molecule has 0 aliphatic carbocycles. The molecule has 1 aromatic rings. The summed E-state index contributed by atoms with van der Waals surface area (Å²) in [6.07, 6.45) is 6.19. The zero-order valence-corrected chi connectivity index (χ0v) is 17.1. The molecular formula is C22H34ClN. The third-order valence-corrected chi connectivity index (χ3v) is 5.74. The molecule has 1 aliphatic heterocycles. The Morgan fingerprint density at radius 3 is 2.21 bits per heavy atom. The molecule has 1 aliphatic rings. The van der Waals surface area contributed by atoms with E-state index in [0.29, 0.717) is 11.5 Å². The molecule has 1 nitrogen and oxygen atoms in total. The molecular weight excluding hydrogens is 314 g/mol. The van der Waals surface area contributed by atoms with Gasteiger partial charge in [0.25, 0.3) is 0 Å². The summed E-state index contributed by atoms with van der Waals surface area (Å²) in [6, 6.07) is 8.90. The number of allylic oxidation sites excluding steroid dienone is 1. The minimum atomic E-state index is 0.133. The van der Waals surface area contributed by atoms with Crippen LogP contribution in [0.1, 0.15) is 66.4 Å². The molecule has 2 heteroatoms. The molecule has 1 saturated heterocycles. The van der Waals surface area contributed by atoms with Crippen LogP contribution in [-0.2, 0) is 5.41 Å². The second kappa shape index (κ2) is 7.62. The van der Waals surface area contributed by atoms with Gasteiger partial charge >= 0.3 is 0 Å². The SMILES string of the molecule is CC(C)=CC(CC(C)(C)c1ccc(Cl)cc1)N1CCC(C)(C)CC1. The number of benzene rings is 1. The molecule has 1 unspecified atom stereocenters. The molecule has 1 aromatic carbocycles. The lowest BCUT2D eigenvalue weighted by atomic mass is 9.77. The van der Waals surface area contributed by atoms with Crippen molar-refractivity contribution in [2.24, 2.45) is 5.41 Å². The lowest BCUT2D eigenvalue weighted by Crippen LogP contribution is -2.45. The molecule has 134 valence electrons. The number of halogens is 1. The van der Waals surface area contributed by atoms with E-state index in [2.05, 4.69) is 64.7 Å². The first-order valence-electron chi connectivity index (χ1n) is 9.24. The Balaban J connectivity index is 2.16. The zero-order valence-electron chi connectivity index (χ0n) is 16.3. The van der Waals surface area contributed by atoms with E-state index in [1.54, 1.807) is 0 Å². The summed E-state index contributed by atoms with van der Waals surface area (Å²) in [4.78, 5) is 2.69. The Bertz CT molecular complexity index is 554. The molecule has 1 heterocycles. The van der Waals surface area contributed by atoms with Crippen LogP contribution in [0.4, 0.5) is 0 Å². The van der Waals surface area contributed by atoms with Gasteiger partial charge in [-0.2, -0.15) is 0 Å². The van der Waals surface area contributed by atoms with Gasteiger partial charge in [0.15, 0.2) is 0 Å². The highest BCUT2D eigenvalue weighted by Crippen LogP contribution is 2.35. The minimum Gasteiger partial charge on any atom is -0.297 e. The molecule has 0 radical (unpaired) electrons. The fourth-order valence-electron chi connectivity index (χ4n) is 3.68. The molecule has 0 saturated carbocycles. The van der Waals surface area contributed by atoms with Crippen molar-refractivity contribution in [3.8, 4) is 0 Å². The van der Waals surface area contributed by atoms with Gasteiger partial charge in [-0.1, -0.05) is 63.1 Å². The van der Waals surface area contributed by atoms with Crippen LogP contribution in [0.2, 0.25) is 5.02 Å². The minimum absolute atomic E-state index is 0.133. The van der Waals surface area contributed by atoms with E-state index in [0.717, 1.165) is 11.4 Å². The lowest BCUT2D eigenvalue weighted by molar-refractivity contribution is 0.0988. The highest BCUT2D eigenvalue weighted by Gasteiger charge is 2.32. The number of hydrogen-bond donors (Lipinski definition) is 0. The number of rotatable bonds is 5. The van der Waals surface area contributed by atoms with Gasteiger partial charge in [-0.25, -0.2) is 0 Å². The third kappa shape index (κ3) is 5.36. The van der Waals surface area contributed by atoms with Gasteiger partial charge in [-0.15, -0.1) is 0 Å². The molecule has 0 spiro atoms. The number of hydrogen-bond acceptors (Lipinski definition) is 1. The Morgan fingerprint density at radius 2 is 1.71 bits per heavy atom. The van der Waals surface area contributed by atoms with E-state index < -0.39 is 0 Å². The van der Waals surface area contributed by atoms with Gasteiger partial charge in [0.2, 0.25) is 0 Å². The van der Waals surface area contributed by atoms with E-state index in [1.165, 1.54) is 37.1 Å². The maximum Gasteiger partial charge on any atom is 0.0406 e. The van der Waals surface area contributed by atoms with Crippen molar-refractivity contribution in [2.45, 2.75) is 72.3 Å². The summed E-state index contributed by atoms with van der Waals surface area (Å²) in [5.41, 5.74) is 3.42. The first kappa shape index (κ1) is 19.5. The zero-order chi connectivity index (χ0) is 18.0. The monoisotopic (exact) mass is 347 g/mol. The molecule has 0 N–H and O–H groups in total. The summed E-state index contributed by atoms with van der Waals surface area (Å²) < 4.78 is 0. The summed E-state index contributed by atoms with van der Waals surface area (Å²) in [5.74, 6) is 0. The van der Waals surface area contributed by atoms with Gasteiger partial charge in [-0.05, 0) is 74.7 Å². The topological polar surface area (TPSA) is 3.24 Å². The van der Waals surface area contributed by atoms with E-state index in [1.807, 2.05) is 12.1 Å². The molecule has 0 aromatic heterocycles. The van der Waals surface area contributed by atoms with Crippen molar-refractivity contribution in [1.82, 2.24) is 4.90 Å². The largest absolute Gasteiger partial charge is 0.297 e. The fourth-order valence-corrected chi connectivity index (χ4v) is 3.81. The number of nitrogens with zero attached hydrogens (tertiary/aromatic N) is 1. The van der Waals surface area contributed by atoms with Crippen LogP contribution in [0.25, 0.3) is 0 Å². The van der Waals surface area contributed by atoms with Crippen molar-refractivity contribution in [2.75, 3.05) is 13.1 Å². The van der Waals surface area contributed by atoms with Crippen molar-refractivity contribution >= 4 is 11.6 Å². The van der Waals surface area contributed by atoms with Crippen LogP contribution < -0.4 is 0 Å². The Hall–Kier alpha value is -0.790. The average molecular weight is 348 g/mol. The number of piperidine rings is 1. The standard InChI is InChI=1S/C22H34ClN/c1-17(2)15-20(24-13-11-21(3,4)12-14-24)16-22(5,6)18-7-9-19(23)10-8-18/h7-10,15,20H,11-14,16H2,1-6H3. The lowest BCUT2D eigenvalue weighted by Gasteiger charge is -2.42.